The Kier molecular flexibility index (Phi) is 32.7. The second kappa shape index (κ2) is 46.7. The summed E-state index contributed by atoms with van der Waals surface area (Å²) in [7, 11) is 0. The SMILES string of the molecule is Cc1ccc(F)cc1OC1CCN(c2cc(-c3nnn(CC(=O)O)n3)on2)CC1.Cc1ccccc1OC1CCN(c2cc(-c3nnn(CC(=O)O)n3)on2)CC1.Cc1ccccc1OC1CCN(c2ncc(-c3nc(CC(=O)O)cs3)s2)CC1.Cc1ccccc1OC1CCN(c2nnc(-c3nnn(CC(=O)O)n3)s2)CC1.Cc1ccccc1OC1CCN(c2nnc(-c3nnn(CC(=O)O)n3)s2)CC1. The van der Waals surface area contributed by atoms with E-state index >= 15 is 0 Å². The lowest BCUT2D eigenvalue weighted by Gasteiger charge is -2.32. The van der Waals surface area contributed by atoms with Gasteiger partial charge in [0.2, 0.25) is 45.1 Å². The maximum Gasteiger partial charge on any atom is 0.327 e. The average molecular weight is 2010 g/mol. The summed E-state index contributed by atoms with van der Waals surface area (Å²) in [6.45, 7) is 16.8. The van der Waals surface area contributed by atoms with Crippen molar-refractivity contribution in [1.29, 1.82) is 0 Å². The number of tetrazole rings is 4. The molecule has 5 N–H and O–H groups in total. The smallest absolute Gasteiger partial charge is 0.327 e. The molecular weight excluding hydrogens is 1910 g/mol. The van der Waals surface area contributed by atoms with Crippen LogP contribution in [-0.4, -0.2) is 273 Å². The van der Waals surface area contributed by atoms with E-state index in [0.29, 0.717) is 57.7 Å². The number of nitrogens with zero attached hydrogens (tertiary/aromatic N) is 29. The van der Waals surface area contributed by atoms with Gasteiger partial charge in [-0.05, 0) is 114 Å². The van der Waals surface area contributed by atoms with E-state index in [4.69, 9.17) is 58.3 Å². The van der Waals surface area contributed by atoms with Gasteiger partial charge in [0.25, 0.3) is 0 Å². The number of hydrogen-bond donors (Lipinski definition) is 5. The summed E-state index contributed by atoms with van der Waals surface area (Å²) in [5.41, 5.74) is 6.08. The number of ether oxygens (including phenoxy) is 5. The summed E-state index contributed by atoms with van der Waals surface area (Å²) in [6.07, 6.45) is 11.3. The van der Waals surface area contributed by atoms with Crippen LogP contribution in [0.25, 0.3) is 54.7 Å². The van der Waals surface area contributed by atoms with Crippen LogP contribution in [0.15, 0.2) is 148 Å². The fraction of sp³-hybridized carbons (Fsp3) is 0.389. The molecule has 5 aromatic carbocycles. The van der Waals surface area contributed by atoms with Gasteiger partial charge in [0.05, 0.1) is 23.2 Å². The molecule has 0 unspecified atom stereocenters. The zero-order chi connectivity index (χ0) is 98.4. The molecule has 0 amide bonds. The normalized spacial score (nSPS) is 15.0. The molecule has 0 bridgehead atoms. The predicted octanol–water partition coefficient (Wildman–Crippen LogP) is 11.2. The number of aliphatic carboxylic acids is 5. The molecule has 5 aliphatic rings. The summed E-state index contributed by atoms with van der Waals surface area (Å²) in [4.78, 5) is 78.4. The molecule has 736 valence electrons. The number of benzene rings is 5. The van der Waals surface area contributed by atoms with Gasteiger partial charge in [0, 0.05) is 153 Å². The molecule has 5 fully saturated rings. The third-order valence-electron chi connectivity index (χ3n) is 22.8. The predicted molar refractivity (Wildman–Crippen MR) is 510 cm³/mol. The fourth-order valence-corrected chi connectivity index (χ4v) is 18.9. The number of para-hydroxylation sites is 4. The molecule has 15 heterocycles. The van der Waals surface area contributed by atoms with Crippen LogP contribution in [-0.2, 0) is 56.6 Å². The Balaban J connectivity index is 0.000000127. The van der Waals surface area contributed by atoms with Crippen molar-refractivity contribution in [1.82, 2.24) is 122 Å². The Morgan fingerprint density at radius 3 is 1.05 bits per heavy atom. The second-order valence-corrected chi connectivity index (χ2v) is 37.0. The van der Waals surface area contributed by atoms with E-state index < -0.39 is 29.8 Å². The molecule has 5 aliphatic heterocycles. The quantitative estimate of drug-likeness (QED) is 0.0279. The number of aryl methyl sites for hydroxylation is 5. The molecular formula is C90H98FN29O17S4. The van der Waals surface area contributed by atoms with Crippen LogP contribution in [0, 0.1) is 40.4 Å². The van der Waals surface area contributed by atoms with Crippen molar-refractivity contribution in [3.8, 4) is 83.5 Å². The molecule has 46 nitrogen and oxygen atoms in total. The number of thiazole rings is 2. The molecule has 0 radical (unpaired) electrons. The number of halogens is 1. The summed E-state index contributed by atoms with van der Waals surface area (Å²) < 4.78 is 54.6. The topological polar surface area (TPSA) is 553 Å². The average Bonchev–Trinajstić information content (AvgIpc) is 1.70. The van der Waals surface area contributed by atoms with Crippen LogP contribution >= 0.6 is 45.3 Å². The zero-order valence-corrected chi connectivity index (χ0v) is 80.2. The maximum absolute atomic E-state index is 13.4. The summed E-state index contributed by atoms with van der Waals surface area (Å²) in [5.74, 6) is 1.94. The molecule has 20 rings (SSSR count). The van der Waals surface area contributed by atoms with Crippen molar-refractivity contribution < 1.29 is 86.6 Å². The molecule has 0 spiro atoms. The lowest BCUT2D eigenvalue weighted by molar-refractivity contribution is -0.139. The Hall–Kier alpha value is -15.5. The summed E-state index contributed by atoms with van der Waals surface area (Å²) in [5, 5.41) is 121. The lowest BCUT2D eigenvalue weighted by atomic mass is 10.1. The number of piperidine rings is 5. The third-order valence-corrected chi connectivity index (χ3v) is 26.9. The first-order chi connectivity index (χ1) is 68.3. The van der Waals surface area contributed by atoms with Crippen molar-refractivity contribution >= 4 is 102 Å². The Bertz CT molecular complexity index is 6070. The molecule has 15 aromatic rings. The van der Waals surface area contributed by atoms with Gasteiger partial charge in [0.15, 0.2) is 53.0 Å². The number of aromatic nitrogens is 24. The highest BCUT2D eigenvalue weighted by atomic mass is 32.1. The molecule has 0 atom stereocenters. The van der Waals surface area contributed by atoms with E-state index in [-0.39, 0.29) is 92.2 Å². The van der Waals surface area contributed by atoms with Gasteiger partial charge in [-0.25, -0.2) is 14.4 Å². The minimum atomic E-state index is -1.06. The molecule has 141 heavy (non-hydrogen) atoms. The van der Waals surface area contributed by atoms with Gasteiger partial charge in [0.1, 0.15) is 70.1 Å². The lowest BCUT2D eigenvalue weighted by Crippen LogP contribution is -2.38. The zero-order valence-electron chi connectivity index (χ0n) is 77.0. The molecule has 51 heteroatoms. The van der Waals surface area contributed by atoms with Gasteiger partial charge in [-0.1, -0.05) is 123 Å². The van der Waals surface area contributed by atoms with E-state index in [9.17, 15) is 28.4 Å². The van der Waals surface area contributed by atoms with Crippen molar-refractivity contribution in [2.45, 2.75) is 162 Å². The summed E-state index contributed by atoms with van der Waals surface area (Å²) in [6, 6.07) is 40.2. The van der Waals surface area contributed by atoms with Crippen LogP contribution in [0.3, 0.4) is 0 Å². The second-order valence-electron chi connectivity index (χ2n) is 33.2. The third kappa shape index (κ3) is 27.3. The highest BCUT2D eigenvalue weighted by Crippen LogP contribution is 2.38. The van der Waals surface area contributed by atoms with E-state index in [1.165, 1.54) is 51.7 Å². The first-order valence-corrected chi connectivity index (χ1v) is 48.4. The molecule has 5 saturated heterocycles. The Morgan fingerprint density at radius 2 is 0.695 bits per heavy atom. The van der Waals surface area contributed by atoms with Crippen LogP contribution < -0.4 is 48.2 Å². The van der Waals surface area contributed by atoms with Crippen LogP contribution in [0.4, 0.5) is 31.4 Å². The van der Waals surface area contributed by atoms with Crippen molar-refractivity contribution in [3.05, 3.63) is 178 Å². The van der Waals surface area contributed by atoms with E-state index in [0.717, 1.165) is 206 Å². The Labute approximate surface area is 819 Å². The van der Waals surface area contributed by atoms with Crippen molar-refractivity contribution in [3.63, 3.8) is 0 Å². The van der Waals surface area contributed by atoms with Gasteiger partial charge in [-0.2, -0.15) is 19.2 Å². The van der Waals surface area contributed by atoms with E-state index in [2.05, 4.69) is 135 Å². The minimum absolute atomic E-state index is 0.00398. The maximum atomic E-state index is 13.4. The van der Waals surface area contributed by atoms with Crippen LogP contribution in [0.2, 0.25) is 0 Å². The summed E-state index contributed by atoms with van der Waals surface area (Å²) >= 11 is 5.81. The largest absolute Gasteiger partial charge is 0.490 e. The van der Waals surface area contributed by atoms with Crippen molar-refractivity contribution in [2.75, 3.05) is 89.9 Å². The molecule has 0 saturated carbocycles. The fourth-order valence-electron chi connectivity index (χ4n) is 15.4. The first-order valence-electron chi connectivity index (χ1n) is 45.1. The number of anilines is 5. The van der Waals surface area contributed by atoms with Gasteiger partial charge in [-0.3, -0.25) is 24.0 Å². The van der Waals surface area contributed by atoms with Gasteiger partial charge < -0.3 is 82.8 Å². The highest BCUT2D eigenvalue weighted by molar-refractivity contribution is 7.23. The van der Waals surface area contributed by atoms with Gasteiger partial charge >= 0.3 is 29.8 Å². The number of hydrogen-bond acceptors (Lipinski definition) is 41. The molecule has 10 aromatic heterocycles. The number of carbonyl (C=O) groups is 5. The molecule has 0 aliphatic carbocycles. The monoisotopic (exact) mass is 2000 g/mol. The Morgan fingerprint density at radius 1 is 0.369 bits per heavy atom. The number of carboxylic acids is 5. The number of rotatable bonds is 30. The van der Waals surface area contributed by atoms with E-state index in [1.807, 2.05) is 130 Å². The first kappa shape index (κ1) is 98.5. The highest BCUT2D eigenvalue weighted by Gasteiger charge is 2.32. The standard InChI is InChI=1S/C20H21N3O3S2.C18H19FN6O4.C18H20N6O4.2C17H19N7O3S/c1-13-4-2-3-5-16(13)26-15-6-8-23(9-7-15)20-21-11-17(28-20)19-22-14(12-27-19)10-18(24)25;1-11-2-3-12(19)8-14(11)28-13-4-6-24(7-5-13)16-9-15(29-22-16)18-20-23-25(21-18)10-17(26)27;1-12-4-2-3-5-14(12)27-13-6-8-23(9-7-13)16-10-15(28-21-16)18-19-22-24(20-18)11-17(25)26;2*1-11-4-2-3-5-13(11)27-12-6-8-23(9-7-12)17-20-19-16(28-17)15-18-22-24(21-15)10-14(25)26/h2-5,11-12,15H,6-10H2,1H3,(H,24,25);2-3,8-9,13H,4-7,10H2,1H3,(H,26,27);2-5,10,13H,6-9,11H2,1H3,(H,25,26);2*2-5,12H,6-10H2,1H3,(H,25,26). The minimum Gasteiger partial charge on any atom is -0.490 e. The van der Waals surface area contributed by atoms with Gasteiger partial charge in [-0.15, -0.1) is 72.5 Å². The number of carboxylic acid groups (broad SMARTS) is 5. The van der Waals surface area contributed by atoms with Crippen LogP contribution in [0.5, 0.6) is 28.7 Å². The van der Waals surface area contributed by atoms with Crippen molar-refractivity contribution in [2.24, 2.45) is 0 Å². The van der Waals surface area contributed by atoms with Crippen LogP contribution in [0.1, 0.15) is 97.7 Å². The van der Waals surface area contributed by atoms with E-state index in [1.54, 1.807) is 34.9 Å².